The van der Waals surface area contributed by atoms with Crippen LogP contribution in [0.3, 0.4) is 0 Å². The summed E-state index contributed by atoms with van der Waals surface area (Å²) in [6.07, 6.45) is -3.18. The summed E-state index contributed by atoms with van der Waals surface area (Å²) in [6.45, 7) is -0.447. The van der Waals surface area contributed by atoms with E-state index in [4.69, 9.17) is 15.6 Å². The molecule has 108 valence electrons. The first kappa shape index (κ1) is 13.0. The van der Waals surface area contributed by atoms with Gasteiger partial charge in [-0.3, -0.25) is 9.55 Å². The second-order valence-electron chi connectivity index (χ2n) is 4.51. The van der Waals surface area contributed by atoms with Crippen LogP contribution in [-0.4, -0.2) is 59.8 Å². The number of anilines is 1. The highest BCUT2D eigenvalue weighted by atomic mass is 16.6. The minimum Gasteiger partial charge on any atom is -0.394 e. The van der Waals surface area contributed by atoms with E-state index in [1.54, 1.807) is 0 Å². The van der Waals surface area contributed by atoms with Crippen LogP contribution in [0.2, 0.25) is 0 Å². The molecule has 0 amide bonds. The van der Waals surface area contributed by atoms with Crippen LogP contribution in [0.4, 0.5) is 5.82 Å². The van der Waals surface area contributed by atoms with Gasteiger partial charge in [0.1, 0.15) is 29.6 Å². The first-order valence-corrected chi connectivity index (χ1v) is 5.87. The first-order chi connectivity index (χ1) is 9.52. The van der Waals surface area contributed by atoms with Crippen molar-refractivity contribution in [2.45, 2.75) is 24.5 Å². The molecule has 1 aliphatic rings. The fraction of sp³-hybridized carbons (Fsp3) is 0.500. The van der Waals surface area contributed by atoms with Gasteiger partial charge in [-0.25, -0.2) is 9.78 Å². The molecule has 1 saturated heterocycles. The Morgan fingerprint density at radius 1 is 1.45 bits per heavy atom. The van der Waals surface area contributed by atoms with E-state index in [0.29, 0.717) is 0 Å². The van der Waals surface area contributed by atoms with E-state index in [0.717, 1.165) is 0 Å². The molecule has 2 aromatic heterocycles. The maximum atomic E-state index is 11.4. The zero-order valence-corrected chi connectivity index (χ0v) is 10.2. The van der Waals surface area contributed by atoms with Gasteiger partial charge < -0.3 is 25.8 Å². The summed E-state index contributed by atoms with van der Waals surface area (Å²) in [5.41, 5.74) is 5.34. The van der Waals surface area contributed by atoms with Crippen molar-refractivity contribution >= 4 is 17.0 Å². The van der Waals surface area contributed by atoms with E-state index in [-0.39, 0.29) is 17.0 Å². The molecule has 0 radical (unpaired) electrons. The van der Waals surface area contributed by atoms with Gasteiger partial charge >= 0.3 is 5.69 Å². The van der Waals surface area contributed by atoms with Crippen LogP contribution in [0.5, 0.6) is 0 Å². The summed E-state index contributed by atoms with van der Waals surface area (Å²) in [6, 6.07) is 0. The Morgan fingerprint density at radius 2 is 2.20 bits per heavy atom. The maximum absolute atomic E-state index is 11.4. The number of nitrogen functional groups attached to an aromatic ring is 1. The van der Waals surface area contributed by atoms with E-state index < -0.39 is 36.8 Å². The molecule has 0 saturated carbocycles. The number of ether oxygens (including phenoxy) is 1. The van der Waals surface area contributed by atoms with Crippen molar-refractivity contribution in [2.75, 3.05) is 12.3 Å². The zero-order chi connectivity index (χ0) is 14.4. The number of aliphatic hydroxyl groups excluding tert-OH is 3. The number of H-pyrrole nitrogens is 1. The molecule has 1 aliphatic heterocycles. The van der Waals surface area contributed by atoms with Gasteiger partial charge in [0.15, 0.2) is 11.9 Å². The quantitative estimate of drug-likeness (QED) is 0.398. The molecule has 3 heterocycles. The molecule has 6 N–H and O–H groups in total. The van der Waals surface area contributed by atoms with E-state index >= 15 is 0 Å². The number of aliphatic hydroxyl groups is 3. The van der Waals surface area contributed by atoms with Crippen molar-refractivity contribution in [3.05, 3.63) is 16.8 Å². The predicted octanol–water partition coefficient (Wildman–Crippen LogP) is -2.69. The lowest BCUT2D eigenvalue weighted by Crippen LogP contribution is -2.33. The highest BCUT2D eigenvalue weighted by Crippen LogP contribution is 2.31. The Balaban J connectivity index is 2.09. The van der Waals surface area contributed by atoms with Crippen molar-refractivity contribution < 1.29 is 20.1 Å². The van der Waals surface area contributed by atoms with Crippen molar-refractivity contribution in [3.63, 3.8) is 0 Å². The average molecular weight is 283 g/mol. The SMILES string of the molecule is Nc1[nH]c(=O)nc2c1ncn2[C@H]1O[C@@H](CO)[C@@H](O)[C@H]1O. The lowest BCUT2D eigenvalue weighted by molar-refractivity contribution is -0.0511. The smallest absolute Gasteiger partial charge is 0.348 e. The monoisotopic (exact) mass is 283 g/mol. The molecule has 4 atom stereocenters. The second-order valence-corrected chi connectivity index (χ2v) is 4.51. The number of hydrogen-bond acceptors (Lipinski definition) is 8. The summed E-state index contributed by atoms with van der Waals surface area (Å²) in [7, 11) is 0. The van der Waals surface area contributed by atoms with Crippen LogP contribution in [0.15, 0.2) is 11.1 Å². The molecule has 0 aliphatic carbocycles. The van der Waals surface area contributed by atoms with Crippen LogP contribution in [0, 0.1) is 0 Å². The first-order valence-electron chi connectivity index (χ1n) is 5.87. The second kappa shape index (κ2) is 4.52. The van der Waals surface area contributed by atoms with Gasteiger partial charge in [-0.2, -0.15) is 4.98 Å². The van der Waals surface area contributed by atoms with Crippen LogP contribution in [0.25, 0.3) is 11.2 Å². The number of aromatic amines is 1. The van der Waals surface area contributed by atoms with Crippen molar-refractivity contribution in [1.29, 1.82) is 0 Å². The third-order valence-electron chi connectivity index (χ3n) is 3.26. The van der Waals surface area contributed by atoms with Gasteiger partial charge in [0, 0.05) is 0 Å². The number of fused-ring (bicyclic) bond motifs is 1. The molecule has 0 unspecified atom stereocenters. The van der Waals surface area contributed by atoms with Gasteiger partial charge in [0.05, 0.1) is 12.9 Å². The molecule has 0 bridgehead atoms. The number of nitrogens with one attached hydrogen (secondary N) is 1. The molecular weight excluding hydrogens is 270 g/mol. The Labute approximate surface area is 111 Å². The summed E-state index contributed by atoms with van der Waals surface area (Å²) < 4.78 is 6.64. The molecule has 20 heavy (non-hydrogen) atoms. The maximum Gasteiger partial charge on any atom is 0.348 e. The van der Waals surface area contributed by atoms with Crippen molar-refractivity contribution in [1.82, 2.24) is 19.5 Å². The Kier molecular flexibility index (Phi) is 2.94. The fourth-order valence-electron chi connectivity index (χ4n) is 2.25. The summed E-state index contributed by atoms with van der Waals surface area (Å²) >= 11 is 0. The van der Waals surface area contributed by atoms with Gasteiger partial charge in [-0.15, -0.1) is 0 Å². The lowest BCUT2D eigenvalue weighted by atomic mass is 10.1. The predicted molar refractivity (Wildman–Crippen MR) is 65.6 cm³/mol. The number of aromatic nitrogens is 4. The molecule has 3 rings (SSSR count). The Bertz CT molecular complexity index is 697. The minimum absolute atomic E-state index is 0.0468. The molecular formula is C10H13N5O5. The van der Waals surface area contributed by atoms with E-state index in [1.165, 1.54) is 10.9 Å². The third-order valence-corrected chi connectivity index (χ3v) is 3.26. The Morgan fingerprint density at radius 3 is 2.85 bits per heavy atom. The van der Waals surface area contributed by atoms with Crippen molar-refractivity contribution in [2.24, 2.45) is 0 Å². The molecule has 10 heteroatoms. The molecule has 0 spiro atoms. The minimum atomic E-state index is -1.29. The van der Waals surface area contributed by atoms with Crippen LogP contribution >= 0.6 is 0 Å². The van der Waals surface area contributed by atoms with Gasteiger partial charge in [0.2, 0.25) is 0 Å². The van der Waals surface area contributed by atoms with Gasteiger partial charge in [0.25, 0.3) is 0 Å². The number of hydrogen-bond donors (Lipinski definition) is 5. The van der Waals surface area contributed by atoms with E-state index in [9.17, 15) is 15.0 Å². The standard InChI is InChI=1S/C10H13N5O5/c11-7-4-8(14-10(19)13-7)15(2-12-4)9-6(18)5(17)3(1-16)20-9/h2-3,5-6,9,16-18H,1H2,(H3,11,13,14,19)/t3-,5+,6+,9-/m0/s1. The van der Waals surface area contributed by atoms with Gasteiger partial charge in [-0.1, -0.05) is 0 Å². The topological polar surface area (TPSA) is 160 Å². The van der Waals surface area contributed by atoms with Crippen LogP contribution in [-0.2, 0) is 4.74 Å². The summed E-state index contributed by atoms with van der Waals surface area (Å²) in [5.74, 6) is 0.0468. The zero-order valence-electron chi connectivity index (χ0n) is 10.2. The number of rotatable bonds is 2. The number of nitrogens with zero attached hydrogens (tertiary/aromatic N) is 3. The largest absolute Gasteiger partial charge is 0.394 e. The molecule has 1 fully saturated rings. The number of imidazole rings is 1. The van der Waals surface area contributed by atoms with Crippen LogP contribution in [0.1, 0.15) is 6.23 Å². The molecule has 10 nitrogen and oxygen atoms in total. The van der Waals surface area contributed by atoms with Crippen LogP contribution < -0.4 is 11.4 Å². The highest BCUT2D eigenvalue weighted by Gasteiger charge is 2.44. The summed E-state index contributed by atoms with van der Waals surface area (Å²) in [4.78, 5) is 21.4. The van der Waals surface area contributed by atoms with Gasteiger partial charge in [-0.05, 0) is 0 Å². The third kappa shape index (κ3) is 1.78. The molecule has 2 aromatic rings. The summed E-state index contributed by atoms with van der Waals surface area (Å²) in [5, 5.41) is 28.7. The number of nitrogens with two attached hydrogens (primary N) is 1. The molecule has 0 aromatic carbocycles. The van der Waals surface area contributed by atoms with E-state index in [1.807, 2.05) is 0 Å². The van der Waals surface area contributed by atoms with E-state index in [2.05, 4.69) is 15.0 Å². The highest BCUT2D eigenvalue weighted by molar-refractivity contribution is 5.81. The normalized spacial score (nSPS) is 30.1. The fourth-order valence-corrected chi connectivity index (χ4v) is 2.25. The van der Waals surface area contributed by atoms with Crippen molar-refractivity contribution in [3.8, 4) is 0 Å². The lowest BCUT2D eigenvalue weighted by Gasteiger charge is -2.16. The average Bonchev–Trinajstić information content (AvgIpc) is 2.93. The Hall–Kier alpha value is -2.01.